The predicted octanol–water partition coefficient (Wildman–Crippen LogP) is 0.489. The van der Waals surface area contributed by atoms with Crippen molar-refractivity contribution in [3.63, 3.8) is 0 Å². The molecule has 3 heterocycles. The van der Waals surface area contributed by atoms with Crippen molar-refractivity contribution in [2.75, 3.05) is 18.4 Å². The molecule has 0 aliphatic rings. The van der Waals surface area contributed by atoms with Crippen LogP contribution in [0.3, 0.4) is 0 Å². The van der Waals surface area contributed by atoms with E-state index in [-0.39, 0.29) is 12.3 Å². The average Bonchev–Trinajstić information content (AvgIpc) is 3.24. The number of carbonyl (C=O) groups excluding carboxylic acids is 1. The minimum atomic E-state index is -0.0830. The van der Waals surface area contributed by atoms with Crippen LogP contribution < -0.4 is 10.6 Å². The summed E-state index contributed by atoms with van der Waals surface area (Å²) in [4.78, 5) is 28.3. The molecule has 0 atom stereocenters. The Kier molecular flexibility index (Phi) is 4.84. The van der Waals surface area contributed by atoms with Crippen molar-refractivity contribution >= 4 is 23.1 Å². The van der Waals surface area contributed by atoms with Gasteiger partial charge in [0, 0.05) is 30.9 Å². The zero-order valence-corrected chi connectivity index (χ0v) is 12.9. The first kappa shape index (κ1) is 15.0. The van der Waals surface area contributed by atoms with Crippen molar-refractivity contribution in [2.24, 2.45) is 0 Å². The highest BCUT2D eigenvalue weighted by Crippen LogP contribution is 2.19. The largest absolute Gasteiger partial charge is 0.367 e. The van der Waals surface area contributed by atoms with E-state index in [4.69, 9.17) is 0 Å². The molecule has 0 aromatic carbocycles. The fourth-order valence-electron chi connectivity index (χ4n) is 1.82. The molecule has 0 saturated carbocycles. The molecule has 0 aliphatic carbocycles. The summed E-state index contributed by atoms with van der Waals surface area (Å²) in [5.41, 5.74) is 0.709. The second kappa shape index (κ2) is 7.40. The summed E-state index contributed by atoms with van der Waals surface area (Å²) in [7, 11) is 0. The van der Waals surface area contributed by atoms with Gasteiger partial charge in [0.1, 0.15) is 12.1 Å². The topological polar surface area (TPSA) is 121 Å². The third kappa shape index (κ3) is 4.30. The van der Waals surface area contributed by atoms with E-state index < -0.39 is 0 Å². The molecule has 0 spiro atoms. The van der Waals surface area contributed by atoms with Crippen LogP contribution >= 0.6 is 11.3 Å². The van der Waals surface area contributed by atoms with Gasteiger partial charge in [-0.3, -0.25) is 14.9 Å². The molecule has 0 saturated heterocycles. The number of amides is 1. The summed E-state index contributed by atoms with van der Waals surface area (Å²) >= 11 is 1.42. The van der Waals surface area contributed by atoms with Gasteiger partial charge < -0.3 is 10.6 Å². The number of carbonyl (C=O) groups is 1. The SMILES string of the molecule is O=C(Cc1csc(-c2ncn[nH]2)n1)NCCNc1cnccn1. The zero-order valence-electron chi connectivity index (χ0n) is 12.1. The lowest BCUT2D eigenvalue weighted by molar-refractivity contribution is -0.120. The summed E-state index contributed by atoms with van der Waals surface area (Å²) in [6.45, 7) is 1.07. The molecule has 0 radical (unpaired) electrons. The van der Waals surface area contributed by atoms with Crippen LogP contribution in [0.2, 0.25) is 0 Å². The Morgan fingerprint density at radius 2 is 2.22 bits per heavy atom. The summed E-state index contributed by atoms with van der Waals surface area (Å²) in [6, 6.07) is 0. The average molecular weight is 330 g/mol. The maximum absolute atomic E-state index is 11.9. The second-order valence-electron chi connectivity index (χ2n) is 4.52. The molecule has 10 heteroatoms. The van der Waals surface area contributed by atoms with Crippen molar-refractivity contribution in [1.29, 1.82) is 0 Å². The summed E-state index contributed by atoms with van der Waals surface area (Å²) in [5, 5.41) is 15.0. The molecule has 3 N–H and O–H groups in total. The number of H-pyrrole nitrogens is 1. The molecule has 3 aromatic rings. The number of hydrogen-bond acceptors (Lipinski definition) is 8. The smallest absolute Gasteiger partial charge is 0.226 e. The van der Waals surface area contributed by atoms with E-state index in [1.807, 2.05) is 5.38 Å². The van der Waals surface area contributed by atoms with Crippen LogP contribution in [0.25, 0.3) is 10.8 Å². The lowest BCUT2D eigenvalue weighted by Gasteiger charge is -2.06. The minimum absolute atomic E-state index is 0.0830. The van der Waals surface area contributed by atoms with Gasteiger partial charge >= 0.3 is 0 Å². The Hall–Kier alpha value is -2.88. The van der Waals surface area contributed by atoms with Crippen molar-refractivity contribution in [3.05, 3.63) is 36.0 Å². The monoisotopic (exact) mass is 330 g/mol. The predicted molar refractivity (Wildman–Crippen MR) is 84.7 cm³/mol. The van der Waals surface area contributed by atoms with Crippen molar-refractivity contribution in [1.82, 2.24) is 35.5 Å². The van der Waals surface area contributed by atoms with Gasteiger partial charge in [0.15, 0.2) is 10.8 Å². The van der Waals surface area contributed by atoms with Gasteiger partial charge in [0.05, 0.1) is 18.3 Å². The van der Waals surface area contributed by atoms with Crippen molar-refractivity contribution < 1.29 is 4.79 Å². The Bertz CT molecular complexity index is 742. The molecule has 3 rings (SSSR count). The van der Waals surface area contributed by atoms with E-state index in [0.29, 0.717) is 30.4 Å². The Balaban J connectivity index is 1.41. The van der Waals surface area contributed by atoms with E-state index in [0.717, 1.165) is 5.01 Å². The molecule has 0 fully saturated rings. The number of thiazole rings is 1. The standard InChI is InChI=1S/C13H14N8OS/c22-11(17-4-3-16-10-6-14-1-2-15-10)5-9-7-23-13(20-9)12-18-8-19-21-12/h1-2,6-8H,3-5H2,(H,15,16)(H,17,22)(H,18,19,21). The Morgan fingerprint density at radius 3 is 3.00 bits per heavy atom. The van der Waals surface area contributed by atoms with E-state index in [2.05, 4.69) is 40.8 Å². The van der Waals surface area contributed by atoms with Crippen LogP contribution in [-0.2, 0) is 11.2 Å². The van der Waals surface area contributed by atoms with Crippen LogP contribution in [-0.4, -0.2) is 49.1 Å². The first-order valence-electron chi connectivity index (χ1n) is 6.88. The van der Waals surface area contributed by atoms with Crippen LogP contribution in [0.4, 0.5) is 5.82 Å². The number of anilines is 1. The number of nitrogens with one attached hydrogen (secondary N) is 3. The van der Waals surface area contributed by atoms with Gasteiger partial charge in [-0.2, -0.15) is 5.10 Å². The molecule has 1 amide bonds. The van der Waals surface area contributed by atoms with Gasteiger partial charge in [-0.15, -0.1) is 11.3 Å². The highest BCUT2D eigenvalue weighted by atomic mass is 32.1. The first-order chi connectivity index (χ1) is 11.3. The maximum Gasteiger partial charge on any atom is 0.226 e. The highest BCUT2D eigenvalue weighted by molar-refractivity contribution is 7.13. The Labute approximate surface area is 135 Å². The molecule has 9 nitrogen and oxygen atoms in total. The lowest BCUT2D eigenvalue weighted by atomic mass is 10.3. The number of aromatic nitrogens is 6. The molecule has 118 valence electrons. The van der Waals surface area contributed by atoms with Gasteiger partial charge in [-0.25, -0.2) is 15.0 Å². The van der Waals surface area contributed by atoms with E-state index in [1.54, 1.807) is 18.6 Å². The third-order valence-corrected chi connectivity index (χ3v) is 3.73. The number of aromatic amines is 1. The van der Waals surface area contributed by atoms with E-state index >= 15 is 0 Å². The van der Waals surface area contributed by atoms with Gasteiger partial charge in [-0.1, -0.05) is 0 Å². The van der Waals surface area contributed by atoms with Gasteiger partial charge in [-0.05, 0) is 0 Å². The lowest BCUT2D eigenvalue weighted by Crippen LogP contribution is -2.30. The van der Waals surface area contributed by atoms with E-state index in [1.165, 1.54) is 17.7 Å². The Morgan fingerprint density at radius 1 is 1.26 bits per heavy atom. The third-order valence-electron chi connectivity index (χ3n) is 2.83. The first-order valence-corrected chi connectivity index (χ1v) is 7.76. The van der Waals surface area contributed by atoms with Crippen LogP contribution in [0.15, 0.2) is 30.3 Å². The van der Waals surface area contributed by atoms with Crippen molar-refractivity contribution in [3.8, 4) is 10.8 Å². The molecule has 3 aromatic heterocycles. The fourth-order valence-corrected chi connectivity index (χ4v) is 2.58. The minimum Gasteiger partial charge on any atom is -0.367 e. The highest BCUT2D eigenvalue weighted by Gasteiger charge is 2.10. The van der Waals surface area contributed by atoms with Crippen molar-refractivity contribution in [2.45, 2.75) is 6.42 Å². The van der Waals surface area contributed by atoms with Gasteiger partial charge in [0.25, 0.3) is 0 Å². The summed E-state index contributed by atoms with van der Waals surface area (Å²) in [6.07, 6.45) is 6.49. The quantitative estimate of drug-likeness (QED) is 0.539. The molecule has 0 bridgehead atoms. The van der Waals surface area contributed by atoms with Crippen LogP contribution in [0.5, 0.6) is 0 Å². The molecule has 0 unspecified atom stereocenters. The van der Waals surface area contributed by atoms with Crippen LogP contribution in [0, 0.1) is 0 Å². The number of hydrogen-bond donors (Lipinski definition) is 3. The maximum atomic E-state index is 11.9. The zero-order chi connectivity index (χ0) is 15.9. The molecule has 0 aliphatic heterocycles. The molecular formula is C13H14N8OS. The number of nitrogens with zero attached hydrogens (tertiary/aromatic N) is 5. The normalized spacial score (nSPS) is 10.4. The number of rotatable bonds is 7. The molecule has 23 heavy (non-hydrogen) atoms. The second-order valence-corrected chi connectivity index (χ2v) is 5.38. The van der Waals surface area contributed by atoms with E-state index in [9.17, 15) is 4.79 Å². The van der Waals surface area contributed by atoms with Crippen LogP contribution in [0.1, 0.15) is 5.69 Å². The van der Waals surface area contributed by atoms with Gasteiger partial charge in [0.2, 0.25) is 5.91 Å². The summed E-state index contributed by atoms with van der Waals surface area (Å²) < 4.78 is 0. The molecular weight excluding hydrogens is 316 g/mol. The summed E-state index contributed by atoms with van der Waals surface area (Å²) in [5.74, 6) is 1.20. The fraction of sp³-hybridized carbons (Fsp3) is 0.231.